The van der Waals surface area contributed by atoms with E-state index in [9.17, 15) is 27.6 Å². The maximum atomic E-state index is 13.7. The molecule has 14 nitrogen and oxygen atoms in total. The first-order chi connectivity index (χ1) is 31.5. The monoisotopic (exact) mass is 927 g/mol. The molecule has 0 bridgehead atoms. The Kier molecular flexibility index (Phi) is 23.2. The molecule has 18 heteroatoms. The number of halogens is 3. The number of anilines is 2. The number of hydrogen-bond acceptors (Lipinski definition) is 12. The van der Waals surface area contributed by atoms with E-state index in [1.807, 2.05) is 50.2 Å². The number of carbonyl (C=O) groups excluding carboxylic acids is 3. The molecule has 0 spiro atoms. The number of benzene rings is 3. The Hall–Kier alpha value is -5.08. The van der Waals surface area contributed by atoms with Gasteiger partial charge in [0.25, 0.3) is 11.8 Å². The van der Waals surface area contributed by atoms with E-state index in [2.05, 4.69) is 20.5 Å². The fourth-order valence-corrected chi connectivity index (χ4v) is 7.28. The van der Waals surface area contributed by atoms with Gasteiger partial charge in [0.1, 0.15) is 0 Å². The molecule has 0 aliphatic rings. The quantitative estimate of drug-likeness (QED) is 0.0431. The maximum Gasteiger partial charge on any atom is 0.416 e. The van der Waals surface area contributed by atoms with Crippen LogP contribution in [0, 0.1) is 0 Å². The van der Waals surface area contributed by atoms with Crippen LogP contribution < -0.4 is 15.5 Å². The van der Waals surface area contributed by atoms with Crippen molar-refractivity contribution in [2.75, 3.05) is 108 Å². The van der Waals surface area contributed by atoms with Crippen molar-refractivity contribution in [1.29, 1.82) is 0 Å². The number of carbonyl (C=O) groups is 3. The van der Waals surface area contributed by atoms with Gasteiger partial charge in [0.15, 0.2) is 0 Å². The molecule has 4 aromatic rings. The average molecular weight is 928 g/mol. The second-order valence-corrected chi connectivity index (χ2v) is 15.6. The lowest BCUT2D eigenvalue weighted by atomic mass is 10.0. The van der Waals surface area contributed by atoms with E-state index in [0.29, 0.717) is 80.1 Å². The van der Waals surface area contributed by atoms with Crippen molar-refractivity contribution in [3.63, 3.8) is 0 Å². The Morgan fingerprint density at radius 1 is 0.723 bits per heavy atom. The lowest BCUT2D eigenvalue weighted by Crippen LogP contribution is -2.36. The zero-order valence-corrected chi connectivity index (χ0v) is 37.8. The molecular weight excluding hydrogens is 868 g/mol. The predicted octanol–water partition coefficient (Wildman–Crippen LogP) is 6.30. The third-order valence-electron chi connectivity index (χ3n) is 9.88. The van der Waals surface area contributed by atoms with Crippen molar-refractivity contribution < 1.29 is 56.7 Å². The number of rotatable bonds is 30. The SMILES string of the molecule is CCN(CC)c1ccc(NC(=O)c2cccc(CSCCOCCOCCOCCOCCC(=O)N(CCO)CCO)c2)c(-c2cc(C(=O)NCc3cccc(C(F)(F)F)c3)ccn2)c1. The molecule has 0 saturated heterocycles. The summed E-state index contributed by atoms with van der Waals surface area (Å²) in [7, 11) is 0. The van der Waals surface area contributed by atoms with Crippen LogP contribution in [0.1, 0.15) is 57.7 Å². The lowest BCUT2D eigenvalue weighted by molar-refractivity contribution is -0.137. The van der Waals surface area contributed by atoms with Gasteiger partial charge in [-0.2, -0.15) is 24.9 Å². The van der Waals surface area contributed by atoms with Gasteiger partial charge in [-0.3, -0.25) is 19.4 Å². The summed E-state index contributed by atoms with van der Waals surface area (Å²) in [6.45, 7) is 8.59. The number of amides is 3. The van der Waals surface area contributed by atoms with E-state index in [1.54, 1.807) is 23.9 Å². The zero-order chi connectivity index (χ0) is 46.9. The van der Waals surface area contributed by atoms with E-state index >= 15 is 0 Å². The number of aliphatic hydroxyl groups is 2. The summed E-state index contributed by atoms with van der Waals surface area (Å²) in [6, 6.07) is 20.9. The van der Waals surface area contributed by atoms with E-state index in [1.165, 1.54) is 29.3 Å². The summed E-state index contributed by atoms with van der Waals surface area (Å²) in [5.41, 5.74) is 3.62. The number of aliphatic hydroxyl groups excluding tert-OH is 2. The highest BCUT2D eigenvalue weighted by Crippen LogP contribution is 2.33. The van der Waals surface area contributed by atoms with Crippen molar-refractivity contribution in [1.82, 2.24) is 15.2 Å². The Morgan fingerprint density at radius 2 is 1.35 bits per heavy atom. The van der Waals surface area contributed by atoms with Gasteiger partial charge in [-0.1, -0.05) is 24.3 Å². The Morgan fingerprint density at radius 3 is 2.02 bits per heavy atom. The molecule has 0 fully saturated rings. The third-order valence-corrected chi connectivity index (χ3v) is 10.9. The smallest absolute Gasteiger partial charge is 0.395 e. The maximum absolute atomic E-state index is 13.7. The van der Waals surface area contributed by atoms with Gasteiger partial charge in [0.05, 0.1) is 89.4 Å². The van der Waals surface area contributed by atoms with Crippen LogP contribution in [0.25, 0.3) is 11.3 Å². The molecule has 3 aromatic carbocycles. The van der Waals surface area contributed by atoms with E-state index in [4.69, 9.17) is 29.2 Å². The number of nitrogens with zero attached hydrogens (tertiary/aromatic N) is 3. The summed E-state index contributed by atoms with van der Waals surface area (Å²) in [5.74, 6) is 0.411. The first kappa shape index (κ1) is 52.5. The van der Waals surface area contributed by atoms with Gasteiger partial charge < -0.3 is 49.6 Å². The summed E-state index contributed by atoms with van der Waals surface area (Å²) >= 11 is 1.67. The summed E-state index contributed by atoms with van der Waals surface area (Å²) in [5, 5.41) is 23.8. The molecule has 1 heterocycles. The van der Waals surface area contributed by atoms with E-state index in [-0.39, 0.29) is 63.3 Å². The standard InChI is InChI=1S/C47H60F3N5O9S/c1-3-54(4-2)40-11-12-42(41(32-40)43-31-38(13-15-51-43)45(59)52-33-35-7-6-10-39(30-35)47(48,49)50)53-46(60)37-9-5-8-36(29-37)34-65-28-27-64-26-25-63-24-23-62-22-21-61-20-14-44(58)55(16-18-56)17-19-57/h5-13,15,29-32,56-57H,3-4,14,16-28,33-34H2,1-2H3,(H,52,59)(H,53,60). The van der Waals surface area contributed by atoms with Gasteiger partial charge in [0.2, 0.25) is 5.91 Å². The van der Waals surface area contributed by atoms with Crippen molar-refractivity contribution in [3.8, 4) is 11.3 Å². The van der Waals surface area contributed by atoms with Gasteiger partial charge in [-0.25, -0.2) is 0 Å². The molecule has 0 saturated carbocycles. The molecule has 4 rings (SSSR count). The van der Waals surface area contributed by atoms with Crippen LogP contribution in [0.15, 0.2) is 85.1 Å². The molecule has 3 amide bonds. The predicted molar refractivity (Wildman–Crippen MR) is 245 cm³/mol. The number of alkyl halides is 3. The van der Waals surface area contributed by atoms with Crippen molar-refractivity contribution in [2.24, 2.45) is 0 Å². The minimum atomic E-state index is -4.50. The summed E-state index contributed by atoms with van der Waals surface area (Å²) in [6.07, 6.45) is -2.85. The van der Waals surface area contributed by atoms with Gasteiger partial charge in [-0.15, -0.1) is 0 Å². The number of nitrogens with one attached hydrogen (secondary N) is 2. The van der Waals surface area contributed by atoms with Gasteiger partial charge in [0, 0.05) is 72.8 Å². The Labute approximate surface area is 382 Å². The molecule has 0 unspecified atom stereocenters. The van der Waals surface area contributed by atoms with Crippen LogP contribution in [0.4, 0.5) is 24.5 Å². The van der Waals surface area contributed by atoms with E-state index in [0.717, 1.165) is 42.2 Å². The molecule has 0 aliphatic carbocycles. The highest BCUT2D eigenvalue weighted by molar-refractivity contribution is 7.98. The number of hydrogen-bond donors (Lipinski definition) is 4. The topological polar surface area (TPSA) is 172 Å². The normalized spacial score (nSPS) is 11.4. The van der Waals surface area contributed by atoms with Crippen LogP contribution in [0.2, 0.25) is 0 Å². The molecule has 0 atom stereocenters. The Bertz CT molecular complexity index is 2070. The second kappa shape index (κ2) is 28.7. The molecule has 0 radical (unpaired) electrons. The molecule has 1 aromatic heterocycles. The first-order valence-corrected chi connectivity index (χ1v) is 22.7. The first-order valence-electron chi connectivity index (χ1n) is 21.6. The molecule has 65 heavy (non-hydrogen) atoms. The fourth-order valence-electron chi connectivity index (χ4n) is 6.49. The number of thioether (sulfide) groups is 1. The van der Waals surface area contributed by atoms with Gasteiger partial charge in [-0.05, 0) is 79.6 Å². The van der Waals surface area contributed by atoms with Crippen molar-refractivity contribution >= 4 is 40.9 Å². The lowest BCUT2D eigenvalue weighted by Gasteiger charge is -2.23. The van der Waals surface area contributed by atoms with Crippen LogP contribution in [0.3, 0.4) is 0 Å². The largest absolute Gasteiger partial charge is 0.416 e. The van der Waals surface area contributed by atoms with Crippen LogP contribution >= 0.6 is 11.8 Å². The third kappa shape index (κ3) is 18.4. The highest BCUT2D eigenvalue weighted by atomic mass is 32.2. The number of ether oxygens (including phenoxy) is 4. The fraction of sp³-hybridized carbons (Fsp3) is 0.447. The minimum absolute atomic E-state index is 0.104. The molecule has 4 N–H and O–H groups in total. The number of aromatic nitrogens is 1. The minimum Gasteiger partial charge on any atom is -0.395 e. The summed E-state index contributed by atoms with van der Waals surface area (Å²) < 4.78 is 61.8. The van der Waals surface area contributed by atoms with E-state index < -0.39 is 17.6 Å². The molecule has 354 valence electrons. The second-order valence-electron chi connectivity index (χ2n) is 14.4. The Balaban J connectivity index is 1.20. The summed E-state index contributed by atoms with van der Waals surface area (Å²) in [4.78, 5) is 47.1. The molecular formula is C47H60F3N5O9S. The van der Waals surface area contributed by atoms with Gasteiger partial charge >= 0.3 is 6.18 Å². The number of pyridine rings is 1. The molecule has 0 aliphatic heterocycles. The highest BCUT2D eigenvalue weighted by Gasteiger charge is 2.30. The van der Waals surface area contributed by atoms with Crippen LogP contribution in [0.5, 0.6) is 0 Å². The van der Waals surface area contributed by atoms with Crippen LogP contribution in [-0.4, -0.2) is 136 Å². The average Bonchev–Trinajstić information content (AvgIpc) is 3.31. The zero-order valence-electron chi connectivity index (χ0n) is 36.9. The van der Waals surface area contributed by atoms with Crippen molar-refractivity contribution in [2.45, 2.75) is 38.7 Å². The van der Waals surface area contributed by atoms with Crippen molar-refractivity contribution in [3.05, 3.63) is 113 Å². The van der Waals surface area contributed by atoms with Crippen LogP contribution in [-0.2, 0) is 42.2 Å².